The van der Waals surface area contributed by atoms with Crippen molar-refractivity contribution in [1.29, 1.82) is 0 Å². The number of phenolic OH excluding ortho intramolecular Hbond substituents is 1. The van der Waals surface area contributed by atoms with Crippen LogP contribution in [0.3, 0.4) is 0 Å². The minimum absolute atomic E-state index is 0.0636. The molecule has 4 atom stereocenters. The number of carbonyl (C=O) groups excluding carboxylic acids is 1. The molecule has 36 heavy (non-hydrogen) atoms. The van der Waals surface area contributed by atoms with Crippen LogP contribution >= 0.6 is 11.8 Å². The van der Waals surface area contributed by atoms with Crippen molar-refractivity contribution in [2.45, 2.75) is 68.3 Å². The number of rotatable bonds is 9. The van der Waals surface area contributed by atoms with Gasteiger partial charge in [0.15, 0.2) is 11.5 Å². The van der Waals surface area contributed by atoms with Crippen molar-refractivity contribution >= 4 is 23.0 Å². The Hall–Kier alpha value is -2.22. The van der Waals surface area contributed by atoms with E-state index in [-0.39, 0.29) is 28.1 Å². The van der Waals surface area contributed by atoms with Crippen LogP contribution in [0.5, 0.6) is 11.5 Å². The van der Waals surface area contributed by atoms with Crippen LogP contribution in [0.4, 0.5) is 0 Å². The molecule has 2 N–H and O–H groups in total. The highest BCUT2D eigenvalue weighted by atomic mass is 32.2. The number of aryl methyl sites for hydroxylation is 1. The number of likely N-dealkylation sites (tertiary alicyclic amines) is 1. The molecule has 1 aromatic heterocycles. The van der Waals surface area contributed by atoms with Crippen molar-refractivity contribution in [2.75, 3.05) is 20.2 Å². The van der Waals surface area contributed by atoms with Gasteiger partial charge in [0.25, 0.3) is 0 Å². The summed E-state index contributed by atoms with van der Waals surface area (Å²) >= 11 is 1.41. The second-order valence-corrected chi connectivity index (χ2v) is 12.0. The summed E-state index contributed by atoms with van der Waals surface area (Å²) in [6.45, 7) is 2.08. The molecule has 194 valence electrons. The number of fused-ring (bicyclic) bond motifs is 1. The molecule has 0 amide bonds. The van der Waals surface area contributed by atoms with Gasteiger partial charge in [-0.1, -0.05) is 17.8 Å². The minimum atomic E-state index is -0.728. The number of hydrogen-bond acceptors (Lipinski definition) is 7. The smallest absolute Gasteiger partial charge is 0.212 e. The van der Waals surface area contributed by atoms with Gasteiger partial charge in [0.05, 0.1) is 25.2 Å². The standard InChI is InChI=1S/C29H37NO5S/c1-34-26-7-4-20(16-25(26)31)5-8-27-29(33)13-10-24(36-28(32)9-6-22-12-15-35-19-22)17-23(29)11-14-30(27)18-21-2-3-21/h4,6-7,9,12,15-16,19,21,23-24,27,31,33H,2-3,5,8,10-11,13-14,17-18H2,1H3/b9-6+/t23?,24?,27-,29?/m1/s1. The third kappa shape index (κ3) is 5.84. The molecule has 1 aromatic carbocycles. The first kappa shape index (κ1) is 25.4. The van der Waals surface area contributed by atoms with Gasteiger partial charge in [-0.15, -0.1) is 0 Å². The molecular formula is C29H37NO5S. The number of benzene rings is 1. The Balaban J connectivity index is 1.24. The molecule has 2 saturated carbocycles. The maximum Gasteiger partial charge on any atom is 0.212 e. The van der Waals surface area contributed by atoms with E-state index in [1.807, 2.05) is 18.2 Å². The minimum Gasteiger partial charge on any atom is -0.504 e. The van der Waals surface area contributed by atoms with E-state index in [1.54, 1.807) is 37.9 Å². The van der Waals surface area contributed by atoms with E-state index in [4.69, 9.17) is 9.15 Å². The van der Waals surface area contributed by atoms with Crippen molar-refractivity contribution in [3.05, 3.63) is 54.0 Å². The van der Waals surface area contributed by atoms with Gasteiger partial charge in [0.2, 0.25) is 5.12 Å². The van der Waals surface area contributed by atoms with E-state index in [0.717, 1.165) is 68.7 Å². The van der Waals surface area contributed by atoms with Crippen molar-refractivity contribution in [1.82, 2.24) is 4.90 Å². The number of carbonyl (C=O) groups is 1. The third-order valence-corrected chi connectivity index (χ3v) is 9.41. The highest BCUT2D eigenvalue weighted by molar-refractivity contribution is 8.14. The van der Waals surface area contributed by atoms with Crippen molar-refractivity contribution in [2.24, 2.45) is 11.8 Å². The maximum atomic E-state index is 12.6. The lowest BCUT2D eigenvalue weighted by Gasteiger charge is -2.55. The quantitative estimate of drug-likeness (QED) is 0.443. The van der Waals surface area contributed by atoms with Crippen LogP contribution in [0.1, 0.15) is 56.1 Å². The molecule has 6 nitrogen and oxygen atoms in total. The van der Waals surface area contributed by atoms with Gasteiger partial charge in [-0.3, -0.25) is 9.69 Å². The predicted molar refractivity (Wildman–Crippen MR) is 142 cm³/mol. The zero-order valence-corrected chi connectivity index (χ0v) is 21.8. The summed E-state index contributed by atoms with van der Waals surface area (Å²) in [5.74, 6) is 1.62. The third-order valence-electron chi connectivity index (χ3n) is 8.28. The normalized spacial score (nSPS) is 28.8. The molecule has 5 rings (SSSR count). The van der Waals surface area contributed by atoms with E-state index >= 15 is 0 Å². The number of thioether (sulfide) groups is 1. The van der Waals surface area contributed by atoms with Gasteiger partial charge in [-0.2, -0.15) is 0 Å². The molecule has 2 aliphatic carbocycles. The molecule has 0 spiro atoms. The van der Waals surface area contributed by atoms with Gasteiger partial charge in [-0.05, 0) is 106 Å². The fourth-order valence-electron chi connectivity index (χ4n) is 6.16. The van der Waals surface area contributed by atoms with E-state index in [9.17, 15) is 15.0 Å². The van der Waals surface area contributed by atoms with Gasteiger partial charge < -0.3 is 19.4 Å². The number of furan rings is 1. The zero-order valence-electron chi connectivity index (χ0n) is 21.0. The van der Waals surface area contributed by atoms with Crippen LogP contribution in [-0.2, 0) is 11.2 Å². The average Bonchev–Trinajstić information content (AvgIpc) is 3.52. The van der Waals surface area contributed by atoms with E-state index in [1.165, 1.54) is 24.6 Å². The van der Waals surface area contributed by atoms with E-state index in [2.05, 4.69) is 4.90 Å². The van der Waals surface area contributed by atoms with E-state index in [0.29, 0.717) is 5.75 Å². The van der Waals surface area contributed by atoms with Gasteiger partial charge >= 0.3 is 0 Å². The molecule has 2 heterocycles. The summed E-state index contributed by atoms with van der Waals surface area (Å²) in [5.41, 5.74) is 1.22. The molecule has 3 fully saturated rings. The topological polar surface area (TPSA) is 83.1 Å². The highest BCUT2D eigenvalue weighted by Crippen LogP contribution is 2.48. The van der Waals surface area contributed by atoms with Crippen LogP contribution in [0.15, 0.2) is 47.3 Å². The van der Waals surface area contributed by atoms with Gasteiger partial charge in [-0.25, -0.2) is 0 Å². The van der Waals surface area contributed by atoms with Crippen molar-refractivity contribution < 1.29 is 24.2 Å². The number of piperidine rings is 1. The Bertz CT molecular complexity index is 1070. The largest absolute Gasteiger partial charge is 0.504 e. The molecule has 0 radical (unpaired) electrons. The molecule has 3 unspecified atom stereocenters. The maximum absolute atomic E-state index is 12.6. The number of nitrogens with zero attached hydrogens (tertiary/aromatic N) is 1. The predicted octanol–water partition coefficient (Wildman–Crippen LogP) is 5.28. The zero-order chi connectivity index (χ0) is 25.1. The van der Waals surface area contributed by atoms with E-state index < -0.39 is 5.60 Å². The van der Waals surface area contributed by atoms with Crippen LogP contribution in [0.2, 0.25) is 0 Å². The molecule has 2 aromatic rings. The molecule has 1 aliphatic heterocycles. The summed E-state index contributed by atoms with van der Waals surface area (Å²) < 4.78 is 10.2. The Kier molecular flexibility index (Phi) is 7.79. The fraction of sp³-hybridized carbons (Fsp3) is 0.552. The summed E-state index contributed by atoms with van der Waals surface area (Å²) in [6.07, 6.45) is 14.3. The SMILES string of the molecule is COc1ccc(CC[C@H]2N(CC3CC3)CCC3CC(SC(=O)/C=C/c4ccoc4)CCC32O)cc1O. The molecular weight excluding hydrogens is 474 g/mol. The fourth-order valence-corrected chi connectivity index (χ4v) is 7.20. The first-order valence-electron chi connectivity index (χ1n) is 13.2. The lowest BCUT2D eigenvalue weighted by atomic mass is 9.66. The summed E-state index contributed by atoms with van der Waals surface area (Å²) in [4.78, 5) is 15.1. The summed E-state index contributed by atoms with van der Waals surface area (Å²) in [7, 11) is 1.56. The first-order chi connectivity index (χ1) is 17.4. The van der Waals surface area contributed by atoms with Crippen LogP contribution in [0.25, 0.3) is 6.08 Å². The van der Waals surface area contributed by atoms with Crippen molar-refractivity contribution in [3.8, 4) is 11.5 Å². The van der Waals surface area contributed by atoms with Crippen LogP contribution < -0.4 is 4.74 Å². The highest BCUT2D eigenvalue weighted by Gasteiger charge is 2.52. The molecule has 3 aliphatic rings. The van der Waals surface area contributed by atoms with Crippen molar-refractivity contribution in [3.63, 3.8) is 0 Å². The molecule has 1 saturated heterocycles. The lowest BCUT2D eigenvalue weighted by Crippen LogP contribution is -2.63. The molecule has 0 bridgehead atoms. The average molecular weight is 512 g/mol. The number of hydrogen-bond donors (Lipinski definition) is 2. The second-order valence-electron chi connectivity index (χ2n) is 10.7. The van der Waals surface area contributed by atoms with Crippen LogP contribution in [-0.4, -0.2) is 57.3 Å². The summed E-state index contributed by atoms with van der Waals surface area (Å²) in [6, 6.07) is 7.53. The Labute approximate surface area is 217 Å². The lowest BCUT2D eigenvalue weighted by molar-refractivity contribution is -0.142. The summed E-state index contributed by atoms with van der Waals surface area (Å²) in [5, 5.41) is 22.6. The number of aliphatic hydroxyl groups is 1. The number of phenols is 1. The van der Waals surface area contributed by atoms with Gasteiger partial charge in [0.1, 0.15) is 0 Å². The number of aromatic hydroxyl groups is 1. The first-order valence-corrected chi connectivity index (χ1v) is 14.1. The van der Waals surface area contributed by atoms with Gasteiger partial charge in [0, 0.05) is 23.4 Å². The Morgan fingerprint density at radius 1 is 1.28 bits per heavy atom. The number of methoxy groups -OCH3 is 1. The molecule has 7 heteroatoms. The second kappa shape index (κ2) is 11.0. The Morgan fingerprint density at radius 3 is 2.86 bits per heavy atom. The number of ether oxygens (including phenoxy) is 1. The van der Waals surface area contributed by atoms with Crippen LogP contribution in [0, 0.1) is 11.8 Å². The monoisotopic (exact) mass is 511 g/mol. The Morgan fingerprint density at radius 2 is 2.14 bits per heavy atom.